The minimum atomic E-state index is -0.660. The fraction of sp³-hybridized carbons (Fsp3) is 0.346. The molecule has 0 aromatic heterocycles. The predicted octanol–water partition coefficient (Wildman–Crippen LogP) is 5.85. The van der Waals surface area contributed by atoms with Crippen molar-refractivity contribution >= 4 is 16.7 Å². The first-order valence-corrected chi connectivity index (χ1v) is 10.6. The highest BCUT2D eigenvalue weighted by atomic mass is 16.4. The minimum absolute atomic E-state index is 0.136. The van der Waals surface area contributed by atoms with Crippen molar-refractivity contribution in [2.75, 3.05) is 13.1 Å². The van der Waals surface area contributed by atoms with Gasteiger partial charge in [-0.2, -0.15) is 0 Å². The molecular formula is C26H29NO2. The van der Waals surface area contributed by atoms with Gasteiger partial charge in [-0.05, 0) is 59.3 Å². The van der Waals surface area contributed by atoms with Gasteiger partial charge in [-0.1, -0.05) is 80.6 Å². The number of fused-ring (bicyclic) bond motifs is 1. The summed E-state index contributed by atoms with van der Waals surface area (Å²) in [4.78, 5) is 13.9. The van der Waals surface area contributed by atoms with E-state index in [1.807, 2.05) is 0 Å². The molecule has 3 heteroatoms. The van der Waals surface area contributed by atoms with Gasteiger partial charge in [0.1, 0.15) is 0 Å². The fourth-order valence-corrected chi connectivity index (χ4v) is 4.54. The Morgan fingerprint density at radius 2 is 1.52 bits per heavy atom. The molecule has 29 heavy (non-hydrogen) atoms. The normalized spacial score (nSPS) is 16.9. The van der Waals surface area contributed by atoms with Crippen molar-refractivity contribution in [3.8, 4) is 0 Å². The van der Waals surface area contributed by atoms with Crippen molar-refractivity contribution in [1.29, 1.82) is 0 Å². The maximum absolute atomic E-state index is 11.4. The zero-order valence-corrected chi connectivity index (χ0v) is 17.2. The van der Waals surface area contributed by atoms with Crippen LogP contribution < -0.4 is 0 Å². The molecule has 0 saturated carbocycles. The smallest absolute Gasteiger partial charge is 0.306 e. The summed E-state index contributed by atoms with van der Waals surface area (Å²) in [5.41, 5.74) is 3.92. The Labute approximate surface area is 173 Å². The largest absolute Gasteiger partial charge is 0.481 e. The summed E-state index contributed by atoms with van der Waals surface area (Å²) in [6.07, 6.45) is 1.42. The molecule has 1 heterocycles. The number of carboxylic acids is 1. The second-order valence-electron chi connectivity index (χ2n) is 8.44. The van der Waals surface area contributed by atoms with E-state index >= 15 is 0 Å². The molecule has 0 radical (unpaired) electrons. The predicted molar refractivity (Wildman–Crippen MR) is 118 cm³/mol. The van der Waals surface area contributed by atoms with Crippen molar-refractivity contribution in [2.45, 2.75) is 38.6 Å². The van der Waals surface area contributed by atoms with Gasteiger partial charge < -0.3 is 5.11 Å². The van der Waals surface area contributed by atoms with Crippen LogP contribution in [-0.4, -0.2) is 29.1 Å². The highest BCUT2D eigenvalue weighted by Gasteiger charge is 2.30. The van der Waals surface area contributed by atoms with Gasteiger partial charge in [-0.15, -0.1) is 0 Å². The number of aliphatic carboxylic acids is 1. The lowest BCUT2D eigenvalue weighted by Gasteiger charge is -2.37. The number of carbonyl (C=O) groups is 1. The Morgan fingerprint density at radius 3 is 2.17 bits per heavy atom. The summed E-state index contributed by atoms with van der Waals surface area (Å²) in [7, 11) is 0. The molecule has 1 aliphatic rings. The van der Waals surface area contributed by atoms with Crippen LogP contribution in [0.1, 0.15) is 55.3 Å². The molecular weight excluding hydrogens is 358 g/mol. The van der Waals surface area contributed by atoms with Gasteiger partial charge in [0, 0.05) is 0 Å². The Hall–Kier alpha value is -2.65. The standard InChI is InChI=1S/C26H29NO2/c1-18(2)19-10-12-21(13-11-19)25(27-16-14-22(15-17-27)26(28)29)24-9-5-7-20-6-3-4-8-23(20)24/h3-13,18,22,25H,14-17H2,1-2H3,(H,28,29). The molecule has 0 aliphatic carbocycles. The summed E-state index contributed by atoms with van der Waals surface area (Å²) in [6.45, 7) is 6.04. The van der Waals surface area contributed by atoms with Crippen molar-refractivity contribution < 1.29 is 9.90 Å². The quantitative estimate of drug-likeness (QED) is 0.597. The third kappa shape index (κ3) is 4.06. The van der Waals surface area contributed by atoms with Crippen molar-refractivity contribution in [3.05, 3.63) is 83.4 Å². The Kier molecular flexibility index (Phi) is 5.68. The number of hydrogen-bond acceptors (Lipinski definition) is 2. The molecule has 1 fully saturated rings. The lowest BCUT2D eigenvalue weighted by Crippen LogP contribution is -2.39. The lowest BCUT2D eigenvalue weighted by molar-refractivity contribution is -0.143. The molecule has 150 valence electrons. The minimum Gasteiger partial charge on any atom is -0.481 e. The number of carboxylic acid groups (broad SMARTS) is 1. The average molecular weight is 388 g/mol. The molecule has 3 aromatic rings. The highest BCUT2D eigenvalue weighted by molar-refractivity contribution is 5.86. The van der Waals surface area contributed by atoms with Crippen LogP contribution in [-0.2, 0) is 4.79 Å². The van der Waals surface area contributed by atoms with Crippen molar-refractivity contribution in [3.63, 3.8) is 0 Å². The molecule has 0 bridgehead atoms. The number of hydrogen-bond donors (Lipinski definition) is 1. The van der Waals surface area contributed by atoms with E-state index in [2.05, 4.69) is 85.5 Å². The van der Waals surface area contributed by atoms with Gasteiger partial charge in [0.25, 0.3) is 0 Å². The van der Waals surface area contributed by atoms with Crippen LogP contribution in [0.25, 0.3) is 10.8 Å². The summed E-state index contributed by atoms with van der Waals surface area (Å²) < 4.78 is 0. The second-order valence-corrected chi connectivity index (χ2v) is 8.44. The Bertz CT molecular complexity index is 980. The second kappa shape index (κ2) is 8.38. The van der Waals surface area contributed by atoms with Crippen LogP contribution in [0.2, 0.25) is 0 Å². The van der Waals surface area contributed by atoms with Crippen LogP contribution in [0, 0.1) is 5.92 Å². The van der Waals surface area contributed by atoms with Crippen molar-refractivity contribution in [2.24, 2.45) is 5.92 Å². The molecule has 0 spiro atoms. The third-order valence-electron chi connectivity index (χ3n) is 6.28. The molecule has 1 saturated heterocycles. The maximum atomic E-state index is 11.4. The summed E-state index contributed by atoms with van der Waals surface area (Å²) >= 11 is 0. The number of nitrogens with zero attached hydrogens (tertiary/aromatic N) is 1. The summed E-state index contributed by atoms with van der Waals surface area (Å²) in [6, 6.07) is 24.2. The van der Waals surface area contributed by atoms with E-state index in [4.69, 9.17) is 0 Å². The van der Waals surface area contributed by atoms with Crippen LogP contribution >= 0.6 is 0 Å². The zero-order chi connectivity index (χ0) is 20.4. The lowest BCUT2D eigenvalue weighted by atomic mass is 9.88. The summed E-state index contributed by atoms with van der Waals surface area (Å²) in [5.74, 6) is -0.373. The first-order valence-electron chi connectivity index (χ1n) is 10.6. The van der Waals surface area contributed by atoms with Gasteiger partial charge in [-0.25, -0.2) is 0 Å². The van der Waals surface area contributed by atoms with E-state index in [-0.39, 0.29) is 12.0 Å². The van der Waals surface area contributed by atoms with Crippen LogP contribution in [0.4, 0.5) is 0 Å². The number of likely N-dealkylation sites (tertiary alicyclic amines) is 1. The van der Waals surface area contributed by atoms with E-state index < -0.39 is 5.97 Å². The van der Waals surface area contributed by atoms with Gasteiger partial charge >= 0.3 is 5.97 Å². The highest BCUT2D eigenvalue weighted by Crippen LogP contribution is 2.36. The topological polar surface area (TPSA) is 40.5 Å². The third-order valence-corrected chi connectivity index (χ3v) is 6.28. The zero-order valence-electron chi connectivity index (χ0n) is 17.2. The van der Waals surface area contributed by atoms with Gasteiger partial charge in [0.15, 0.2) is 0 Å². The molecule has 1 aliphatic heterocycles. The van der Waals surface area contributed by atoms with Crippen LogP contribution in [0.5, 0.6) is 0 Å². The molecule has 3 aromatic carbocycles. The number of benzene rings is 3. The number of rotatable bonds is 5. The van der Waals surface area contributed by atoms with E-state index in [1.54, 1.807) is 0 Å². The maximum Gasteiger partial charge on any atom is 0.306 e. The molecule has 1 N–H and O–H groups in total. The van der Waals surface area contributed by atoms with Gasteiger partial charge in [0.2, 0.25) is 0 Å². The molecule has 0 amide bonds. The van der Waals surface area contributed by atoms with E-state index in [0.717, 1.165) is 13.1 Å². The molecule has 4 rings (SSSR count). The first kappa shape index (κ1) is 19.7. The van der Waals surface area contributed by atoms with E-state index in [9.17, 15) is 9.90 Å². The molecule has 3 nitrogen and oxygen atoms in total. The number of piperidine rings is 1. The summed E-state index contributed by atoms with van der Waals surface area (Å²) in [5, 5.41) is 11.9. The molecule has 1 atom stereocenters. The SMILES string of the molecule is CC(C)c1ccc(C(c2cccc3ccccc23)N2CCC(C(=O)O)CC2)cc1. The Morgan fingerprint density at radius 1 is 0.897 bits per heavy atom. The average Bonchev–Trinajstić information content (AvgIpc) is 2.75. The van der Waals surface area contributed by atoms with Crippen LogP contribution in [0.15, 0.2) is 66.7 Å². The molecule has 1 unspecified atom stereocenters. The van der Waals surface area contributed by atoms with Crippen molar-refractivity contribution in [1.82, 2.24) is 4.90 Å². The van der Waals surface area contributed by atoms with E-state index in [0.29, 0.717) is 18.8 Å². The van der Waals surface area contributed by atoms with Gasteiger partial charge in [-0.3, -0.25) is 9.69 Å². The first-order chi connectivity index (χ1) is 14.0. The monoisotopic (exact) mass is 387 g/mol. The van der Waals surface area contributed by atoms with Crippen LogP contribution in [0.3, 0.4) is 0 Å². The fourth-order valence-electron chi connectivity index (χ4n) is 4.54. The van der Waals surface area contributed by atoms with E-state index in [1.165, 1.54) is 27.5 Å². The van der Waals surface area contributed by atoms with Gasteiger partial charge in [0.05, 0.1) is 12.0 Å². The Balaban J connectivity index is 1.76.